The Morgan fingerprint density at radius 2 is 0.540 bits per heavy atom. The summed E-state index contributed by atoms with van der Waals surface area (Å²) < 4.78 is 4.78. The van der Waals surface area contributed by atoms with Gasteiger partial charge >= 0.3 is 0 Å². The molecule has 0 unspecified atom stereocenters. The maximum absolute atomic E-state index is 2.39. The summed E-state index contributed by atoms with van der Waals surface area (Å²) in [6, 6.07) is 70.4. The van der Waals surface area contributed by atoms with Crippen molar-refractivity contribution >= 4 is 43.6 Å². The van der Waals surface area contributed by atoms with Crippen molar-refractivity contribution < 1.29 is 0 Å². The van der Waals surface area contributed by atoms with E-state index in [-0.39, 0.29) is 0 Å². The minimum atomic E-state index is 1.16. The molecular weight excluding hydrogens is 605 g/mol. The average molecular weight is 637 g/mol. The van der Waals surface area contributed by atoms with Crippen molar-refractivity contribution in [1.82, 2.24) is 9.13 Å². The average Bonchev–Trinajstić information content (AvgIpc) is 3.71. The molecule has 0 N–H and O–H groups in total. The highest BCUT2D eigenvalue weighted by atomic mass is 15.0. The third-order valence-electron chi connectivity index (χ3n) is 10.1. The standard InChI is InChI=1S/C48H32N2/c1-3-11-33(12-4-1)35-19-25-39(26-20-35)49-46-18-10-8-16-42(46)44-32-38(24-30-48(44)49)36-21-27-40(28-22-36)50-45-17-9-7-15-41(45)43-31-37(23-29-47(43)50)34-13-5-2-6-14-34/h1-32H. The van der Waals surface area contributed by atoms with Crippen LogP contribution in [0.4, 0.5) is 0 Å². The van der Waals surface area contributed by atoms with Gasteiger partial charge in [0.2, 0.25) is 0 Å². The number of aromatic nitrogens is 2. The van der Waals surface area contributed by atoms with Gasteiger partial charge in [0.15, 0.2) is 0 Å². The maximum Gasteiger partial charge on any atom is 0.0541 e. The molecule has 10 rings (SSSR count). The second-order valence-corrected chi connectivity index (χ2v) is 13.0. The van der Waals surface area contributed by atoms with E-state index in [0.29, 0.717) is 0 Å². The molecule has 8 aromatic carbocycles. The van der Waals surface area contributed by atoms with Gasteiger partial charge in [-0.25, -0.2) is 0 Å². The molecule has 0 saturated carbocycles. The van der Waals surface area contributed by atoms with Gasteiger partial charge in [0.25, 0.3) is 0 Å². The zero-order valence-corrected chi connectivity index (χ0v) is 27.4. The number of para-hydroxylation sites is 2. The van der Waals surface area contributed by atoms with Crippen LogP contribution in [0.3, 0.4) is 0 Å². The summed E-state index contributed by atoms with van der Waals surface area (Å²) in [5.41, 5.74) is 14.5. The van der Waals surface area contributed by atoms with E-state index in [2.05, 4.69) is 203 Å². The summed E-state index contributed by atoms with van der Waals surface area (Å²) in [4.78, 5) is 0. The first kappa shape index (κ1) is 28.4. The summed E-state index contributed by atoms with van der Waals surface area (Å²) in [7, 11) is 0. The lowest BCUT2D eigenvalue weighted by Crippen LogP contribution is -1.94. The molecule has 10 aromatic rings. The molecule has 234 valence electrons. The minimum Gasteiger partial charge on any atom is -0.309 e. The molecule has 0 amide bonds. The fourth-order valence-corrected chi connectivity index (χ4v) is 7.73. The lowest BCUT2D eigenvalue weighted by Gasteiger charge is -2.11. The van der Waals surface area contributed by atoms with Gasteiger partial charge in [0.1, 0.15) is 0 Å². The first-order chi connectivity index (χ1) is 24.8. The monoisotopic (exact) mass is 636 g/mol. The Bertz CT molecular complexity index is 2820. The number of fused-ring (bicyclic) bond motifs is 6. The second kappa shape index (κ2) is 11.5. The Balaban J connectivity index is 1.05. The van der Waals surface area contributed by atoms with Crippen molar-refractivity contribution in [3.63, 3.8) is 0 Å². The van der Waals surface area contributed by atoms with E-state index in [1.165, 1.54) is 77.0 Å². The number of hydrogen-bond acceptors (Lipinski definition) is 0. The van der Waals surface area contributed by atoms with Crippen LogP contribution >= 0.6 is 0 Å². The molecule has 0 bridgehead atoms. The zero-order valence-electron chi connectivity index (χ0n) is 27.4. The Morgan fingerprint density at radius 1 is 0.220 bits per heavy atom. The van der Waals surface area contributed by atoms with Crippen LogP contribution in [0.1, 0.15) is 0 Å². The molecule has 2 aromatic heterocycles. The number of nitrogens with zero attached hydrogens (tertiary/aromatic N) is 2. The van der Waals surface area contributed by atoms with Gasteiger partial charge in [-0.1, -0.05) is 133 Å². The van der Waals surface area contributed by atoms with Crippen molar-refractivity contribution in [3.05, 3.63) is 194 Å². The lowest BCUT2D eigenvalue weighted by molar-refractivity contribution is 1.18. The predicted molar refractivity (Wildman–Crippen MR) is 211 cm³/mol. The third-order valence-corrected chi connectivity index (χ3v) is 10.1. The molecule has 0 aliphatic heterocycles. The van der Waals surface area contributed by atoms with Crippen LogP contribution in [-0.4, -0.2) is 9.13 Å². The highest BCUT2D eigenvalue weighted by Crippen LogP contribution is 2.38. The zero-order chi connectivity index (χ0) is 33.0. The Morgan fingerprint density at radius 3 is 1.00 bits per heavy atom. The summed E-state index contributed by atoms with van der Waals surface area (Å²) in [5, 5.41) is 5.04. The van der Waals surface area contributed by atoms with Crippen LogP contribution in [0.15, 0.2) is 194 Å². The molecule has 50 heavy (non-hydrogen) atoms. The van der Waals surface area contributed by atoms with Crippen LogP contribution in [-0.2, 0) is 0 Å². The highest BCUT2D eigenvalue weighted by Gasteiger charge is 2.15. The van der Waals surface area contributed by atoms with Gasteiger partial charge in [-0.2, -0.15) is 0 Å². The fourth-order valence-electron chi connectivity index (χ4n) is 7.73. The Hall–Kier alpha value is -6.64. The topological polar surface area (TPSA) is 9.86 Å². The summed E-state index contributed by atoms with van der Waals surface area (Å²) in [6.07, 6.45) is 0. The van der Waals surface area contributed by atoms with E-state index in [9.17, 15) is 0 Å². The van der Waals surface area contributed by atoms with Crippen molar-refractivity contribution in [1.29, 1.82) is 0 Å². The summed E-state index contributed by atoms with van der Waals surface area (Å²) >= 11 is 0. The normalized spacial score (nSPS) is 11.6. The Kier molecular flexibility index (Phi) is 6.53. The van der Waals surface area contributed by atoms with Crippen LogP contribution in [0, 0.1) is 0 Å². The second-order valence-electron chi connectivity index (χ2n) is 13.0. The molecule has 2 heteroatoms. The van der Waals surface area contributed by atoms with E-state index >= 15 is 0 Å². The maximum atomic E-state index is 2.39. The molecule has 0 aliphatic rings. The third kappa shape index (κ3) is 4.57. The first-order valence-corrected chi connectivity index (χ1v) is 17.2. The number of hydrogen-bond donors (Lipinski definition) is 0. The minimum absolute atomic E-state index is 1.16. The van der Waals surface area contributed by atoms with Crippen molar-refractivity contribution in [2.75, 3.05) is 0 Å². The van der Waals surface area contributed by atoms with Gasteiger partial charge in [0, 0.05) is 32.9 Å². The number of rotatable bonds is 5. The smallest absolute Gasteiger partial charge is 0.0541 e. The summed E-state index contributed by atoms with van der Waals surface area (Å²) in [5.74, 6) is 0. The molecule has 2 nitrogen and oxygen atoms in total. The van der Waals surface area contributed by atoms with Gasteiger partial charge in [-0.15, -0.1) is 0 Å². The Labute approximate surface area is 290 Å². The van der Waals surface area contributed by atoms with Gasteiger partial charge < -0.3 is 9.13 Å². The molecule has 0 aliphatic carbocycles. The predicted octanol–water partition coefficient (Wildman–Crippen LogP) is 12.9. The van der Waals surface area contributed by atoms with Crippen LogP contribution in [0.2, 0.25) is 0 Å². The molecular formula is C48H32N2. The van der Waals surface area contributed by atoms with Crippen LogP contribution in [0.25, 0.3) is 88.4 Å². The van der Waals surface area contributed by atoms with Crippen LogP contribution < -0.4 is 0 Å². The van der Waals surface area contributed by atoms with Crippen LogP contribution in [0.5, 0.6) is 0 Å². The highest BCUT2D eigenvalue weighted by molar-refractivity contribution is 6.11. The van der Waals surface area contributed by atoms with Gasteiger partial charge in [-0.3, -0.25) is 0 Å². The van der Waals surface area contributed by atoms with Crippen molar-refractivity contribution in [2.45, 2.75) is 0 Å². The first-order valence-electron chi connectivity index (χ1n) is 17.2. The van der Waals surface area contributed by atoms with E-state index in [0.717, 1.165) is 11.4 Å². The SMILES string of the molecule is c1ccc(-c2ccc(-n3c4ccccc4c4cc(-c5ccc(-n6c7ccccc7c7cc(-c8ccccc8)ccc76)cc5)ccc43)cc2)cc1. The molecule has 2 heterocycles. The van der Waals surface area contributed by atoms with E-state index in [1.807, 2.05) is 0 Å². The van der Waals surface area contributed by atoms with Gasteiger partial charge in [-0.05, 0) is 94.0 Å². The molecule has 0 saturated heterocycles. The number of benzene rings is 8. The fraction of sp³-hybridized carbons (Fsp3) is 0. The molecule has 0 fully saturated rings. The molecule has 0 atom stereocenters. The van der Waals surface area contributed by atoms with E-state index in [1.54, 1.807) is 0 Å². The largest absolute Gasteiger partial charge is 0.309 e. The lowest BCUT2D eigenvalue weighted by atomic mass is 10.0. The summed E-state index contributed by atoms with van der Waals surface area (Å²) in [6.45, 7) is 0. The molecule has 0 radical (unpaired) electrons. The van der Waals surface area contributed by atoms with Crippen molar-refractivity contribution in [2.24, 2.45) is 0 Å². The van der Waals surface area contributed by atoms with Gasteiger partial charge in [0.05, 0.1) is 22.1 Å². The molecule has 0 spiro atoms. The van der Waals surface area contributed by atoms with Crippen molar-refractivity contribution in [3.8, 4) is 44.8 Å². The quantitative estimate of drug-likeness (QED) is 0.178. The van der Waals surface area contributed by atoms with E-state index < -0.39 is 0 Å². The van der Waals surface area contributed by atoms with E-state index in [4.69, 9.17) is 0 Å².